The average Bonchev–Trinajstić information content (AvgIpc) is 3.08. The number of nitrogens with zero attached hydrogens (tertiary/aromatic N) is 7. The van der Waals surface area contributed by atoms with Crippen LogP contribution in [-0.4, -0.2) is 121 Å². The van der Waals surface area contributed by atoms with Crippen LogP contribution < -0.4 is 19.7 Å². The number of rotatable bonds is 10. The molecule has 254 valence electrons. The van der Waals surface area contributed by atoms with Crippen LogP contribution in [0.4, 0.5) is 21.8 Å². The van der Waals surface area contributed by atoms with E-state index >= 15 is 4.39 Å². The Morgan fingerprint density at radius 3 is 2.58 bits per heavy atom. The van der Waals surface area contributed by atoms with Crippen molar-refractivity contribution in [2.45, 2.75) is 44.2 Å². The molecule has 0 bridgehead atoms. The number of aromatic nitrogens is 3. The third-order valence-electron chi connectivity index (χ3n) is 9.23. The number of carbonyl (C=O) groups excluding carboxylic acids is 1. The van der Waals surface area contributed by atoms with Gasteiger partial charge < -0.3 is 34.1 Å². The summed E-state index contributed by atoms with van der Waals surface area (Å²) < 4.78 is 37.9. The quantitative estimate of drug-likeness (QED) is 0.341. The van der Waals surface area contributed by atoms with Crippen molar-refractivity contribution in [1.29, 1.82) is 5.26 Å². The molecular weight excluding hydrogens is 619 g/mol. The minimum atomic E-state index is -1.82. The number of piperidine rings is 1. The topological polar surface area (TPSA) is 138 Å². The first-order valence-corrected chi connectivity index (χ1v) is 16.1. The van der Waals surface area contributed by atoms with Gasteiger partial charge in [-0.25, -0.2) is 14.4 Å². The molecule has 2 aromatic heterocycles. The average molecular weight is 661 g/mol. The number of halogens is 1. The minimum absolute atomic E-state index is 0.127. The van der Waals surface area contributed by atoms with Crippen molar-refractivity contribution in [3.05, 3.63) is 48.2 Å². The predicted molar refractivity (Wildman–Crippen MR) is 176 cm³/mol. The molecule has 0 aliphatic carbocycles. The largest absolute Gasteiger partial charge is 0.486 e. The van der Waals surface area contributed by atoms with Gasteiger partial charge in [0, 0.05) is 58.0 Å². The highest BCUT2D eigenvalue weighted by atomic mass is 19.1. The summed E-state index contributed by atoms with van der Waals surface area (Å²) in [5, 5.41) is 13.1. The Kier molecular flexibility index (Phi) is 9.91. The van der Waals surface area contributed by atoms with Gasteiger partial charge in [0.15, 0.2) is 5.67 Å². The van der Waals surface area contributed by atoms with Crippen LogP contribution in [0.5, 0.6) is 11.6 Å². The number of ether oxygens (including phenoxy) is 4. The van der Waals surface area contributed by atoms with E-state index in [-0.39, 0.29) is 30.2 Å². The number of anilines is 3. The molecule has 0 saturated carbocycles. The molecule has 14 heteroatoms. The number of pyridine rings is 1. The van der Waals surface area contributed by atoms with E-state index in [2.05, 4.69) is 36.1 Å². The molecule has 0 spiro atoms. The van der Waals surface area contributed by atoms with Gasteiger partial charge in [-0.2, -0.15) is 10.2 Å². The summed E-state index contributed by atoms with van der Waals surface area (Å²) in [5.41, 5.74) is 0.584. The molecule has 3 aliphatic rings. The van der Waals surface area contributed by atoms with Gasteiger partial charge >= 0.3 is 0 Å². The van der Waals surface area contributed by atoms with Crippen molar-refractivity contribution >= 4 is 23.4 Å². The van der Waals surface area contributed by atoms with Crippen LogP contribution in [-0.2, 0) is 14.3 Å². The Morgan fingerprint density at radius 2 is 1.92 bits per heavy atom. The summed E-state index contributed by atoms with van der Waals surface area (Å²) >= 11 is 0. The summed E-state index contributed by atoms with van der Waals surface area (Å²) in [5.74, 6) is 1.36. The molecule has 0 radical (unpaired) electrons. The molecule has 13 nitrogen and oxygen atoms in total. The standard InChI is InChI=1S/C34H41FN8O5/c1-22(45-3)32(44)43-12-10-29(34(2,35)21-43)48-28-7-5-23(17-24(28)18-36)26-9-11-37-33(38-26)40-30-8-6-27(31(39-30)46-4)42-15-13-41(14-16-42)25-19-47-20-25/h5-9,11,17,22,25,29H,10,12-16,19-21H2,1-4H3,(H,37,38,39,40)/t22-,29?,34?/m0/s1. The highest BCUT2D eigenvalue weighted by Gasteiger charge is 2.44. The highest BCUT2D eigenvalue weighted by molar-refractivity contribution is 5.80. The number of carbonyl (C=O) groups is 1. The maximum Gasteiger partial charge on any atom is 0.251 e. The SMILES string of the molecule is COc1nc(Nc2nccc(-c3ccc(OC4CCN(C(=O)[C@H](C)OC)CC4(C)F)c(C#N)c3)n2)ccc1N1CCN(C2COC2)CC1. The number of alkyl halides is 1. The van der Waals surface area contributed by atoms with Gasteiger partial charge in [-0.3, -0.25) is 9.69 Å². The van der Waals surface area contributed by atoms with E-state index < -0.39 is 17.9 Å². The zero-order chi connectivity index (χ0) is 33.8. The molecule has 1 amide bonds. The molecule has 3 aliphatic heterocycles. The number of hydrogen-bond acceptors (Lipinski definition) is 12. The fourth-order valence-corrected chi connectivity index (χ4v) is 6.24. The van der Waals surface area contributed by atoms with E-state index in [1.54, 1.807) is 44.5 Å². The van der Waals surface area contributed by atoms with E-state index in [0.717, 1.165) is 45.1 Å². The van der Waals surface area contributed by atoms with E-state index in [1.165, 1.54) is 18.9 Å². The van der Waals surface area contributed by atoms with Crippen molar-refractivity contribution in [1.82, 2.24) is 24.8 Å². The van der Waals surface area contributed by atoms with Crippen LogP contribution in [0.25, 0.3) is 11.3 Å². The van der Waals surface area contributed by atoms with Crippen molar-refractivity contribution < 1.29 is 28.1 Å². The maximum absolute atomic E-state index is 15.7. The number of amides is 1. The first-order valence-electron chi connectivity index (χ1n) is 16.1. The summed E-state index contributed by atoms with van der Waals surface area (Å²) in [7, 11) is 3.05. The second-order valence-corrected chi connectivity index (χ2v) is 12.5. The Bertz CT molecular complexity index is 1660. The lowest BCUT2D eigenvalue weighted by molar-refractivity contribution is -0.148. The van der Waals surface area contributed by atoms with E-state index in [9.17, 15) is 10.1 Å². The number of nitriles is 1. The smallest absolute Gasteiger partial charge is 0.251 e. The lowest BCUT2D eigenvalue weighted by Crippen LogP contribution is -2.57. The lowest BCUT2D eigenvalue weighted by atomic mass is 9.92. The third-order valence-corrected chi connectivity index (χ3v) is 9.23. The molecule has 5 heterocycles. The van der Waals surface area contributed by atoms with Crippen molar-refractivity contribution in [3.63, 3.8) is 0 Å². The molecule has 48 heavy (non-hydrogen) atoms. The molecule has 2 unspecified atom stereocenters. The maximum atomic E-state index is 15.7. The predicted octanol–water partition coefficient (Wildman–Crippen LogP) is 3.43. The fraction of sp³-hybridized carbons (Fsp3) is 0.500. The van der Waals surface area contributed by atoms with Crippen LogP contribution >= 0.6 is 0 Å². The van der Waals surface area contributed by atoms with Gasteiger partial charge in [0.05, 0.1) is 44.2 Å². The van der Waals surface area contributed by atoms with Gasteiger partial charge in [-0.05, 0) is 50.2 Å². The van der Waals surface area contributed by atoms with Crippen molar-refractivity contribution in [2.75, 3.05) is 76.9 Å². The molecule has 1 N–H and O–H groups in total. The van der Waals surface area contributed by atoms with Crippen LogP contribution in [0.3, 0.4) is 0 Å². The molecule has 3 atom stereocenters. The Morgan fingerprint density at radius 1 is 1.12 bits per heavy atom. The third kappa shape index (κ3) is 7.13. The first kappa shape index (κ1) is 33.3. The van der Waals surface area contributed by atoms with Crippen LogP contribution in [0.2, 0.25) is 0 Å². The number of methoxy groups -OCH3 is 2. The summed E-state index contributed by atoms with van der Waals surface area (Å²) in [6.07, 6.45) is 0.399. The van der Waals surface area contributed by atoms with E-state index in [1.807, 2.05) is 12.1 Å². The van der Waals surface area contributed by atoms with Crippen molar-refractivity contribution in [2.24, 2.45) is 0 Å². The zero-order valence-electron chi connectivity index (χ0n) is 27.7. The lowest BCUT2D eigenvalue weighted by Gasteiger charge is -2.43. The van der Waals surface area contributed by atoms with Gasteiger partial charge in [-0.15, -0.1) is 0 Å². The number of benzene rings is 1. The number of piperazine rings is 1. The zero-order valence-corrected chi connectivity index (χ0v) is 27.7. The Hall–Kier alpha value is -4.58. The molecular formula is C34H41FN8O5. The summed E-state index contributed by atoms with van der Waals surface area (Å²) in [6, 6.07) is 13.4. The number of likely N-dealkylation sites (tertiary alicyclic amines) is 1. The van der Waals surface area contributed by atoms with Gasteiger partial charge in [0.1, 0.15) is 35.5 Å². The summed E-state index contributed by atoms with van der Waals surface area (Å²) in [4.78, 5) is 32.4. The van der Waals surface area contributed by atoms with Crippen molar-refractivity contribution in [3.8, 4) is 29.0 Å². The van der Waals surface area contributed by atoms with Crippen LogP contribution in [0, 0.1) is 11.3 Å². The monoisotopic (exact) mass is 660 g/mol. The molecule has 6 rings (SSSR count). The number of nitrogens with one attached hydrogen (secondary N) is 1. The molecule has 1 aromatic carbocycles. The highest BCUT2D eigenvalue weighted by Crippen LogP contribution is 2.34. The van der Waals surface area contributed by atoms with Gasteiger partial charge in [0.25, 0.3) is 5.91 Å². The second-order valence-electron chi connectivity index (χ2n) is 12.5. The second kappa shape index (κ2) is 14.3. The molecule has 3 saturated heterocycles. The van der Waals surface area contributed by atoms with Crippen LogP contribution in [0.1, 0.15) is 25.8 Å². The fourth-order valence-electron chi connectivity index (χ4n) is 6.24. The van der Waals surface area contributed by atoms with Gasteiger partial charge in [-0.1, -0.05) is 0 Å². The van der Waals surface area contributed by atoms with E-state index in [0.29, 0.717) is 41.5 Å². The minimum Gasteiger partial charge on any atom is -0.486 e. The number of hydrogen-bond donors (Lipinski definition) is 1. The normalized spacial score (nSPS) is 22.4. The van der Waals surface area contributed by atoms with Crippen LogP contribution in [0.15, 0.2) is 42.6 Å². The molecule has 3 fully saturated rings. The Labute approximate surface area is 279 Å². The Balaban J connectivity index is 1.12. The summed E-state index contributed by atoms with van der Waals surface area (Å²) in [6.45, 7) is 8.55. The molecule has 3 aromatic rings. The van der Waals surface area contributed by atoms with E-state index in [4.69, 9.17) is 18.9 Å². The van der Waals surface area contributed by atoms with Gasteiger partial charge in [0.2, 0.25) is 11.8 Å². The first-order chi connectivity index (χ1) is 23.2.